The molecule has 0 saturated heterocycles. The minimum Gasteiger partial charge on any atom is -0.352 e. The van der Waals surface area contributed by atoms with E-state index < -0.39 is 6.04 Å². The van der Waals surface area contributed by atoms with E-state index in [0.29, 0.717) is 15.8 Å². The van der Waals surface area contributed by atoms with Crippen molar-refractivity contribution < 1.29 is 9.59 Å². The molecule has 3 rings (SSSR count). The van der Waals surface area contributed by atoms with Crippen LogP contribution in [0.4, 0.5) is 0 Å². The van der Waals surface area contributed by atoms with Crippen molar-refractivity contribution in [3.05, 3.63) is 68.7 Å². The molecule has 33 heavy (non-hydrogen) atoms. The number of nitrogens with zero attached hydrogens (tertiary/aromatic N) is 1. The van der Waals surface area contributed by atoms with Crippen molar-refractivity contribution in [1.82, 2.24) is 10.2 Å². The van der Waals surface area contributed by atoms with Crippen molar-refractivity contribution in [3.8, 4) is 0 Å². The second-order valence-electron chi connectivity index (χ2n) is 8.91. The van der Waals surface area contributed by atoms with Gasteiger partial charge < -0.3 is 10.2 Å². The molecule has 0 aliphatic heterocycles. The van der Waals surface area contributed by atoms with Gasteiger partial charge in [0.2, 0.25) is 11.8 Å². The van der Waals surface area contributed by atoms with Crippen LogP contribution >= 0.6 is 35.0 Å². The first-order valence-corrected chi connectivity index (χ1v) is 13.3. The van der Waals surface area contributed by atoms with Gasteiger partial charge in [0.25, 0.3) is 0 Å². The number of halogens is 2. The Morgan fingerprint density at radius 2 is 1.76 bits per heavy atom. The summed E-state index contributed by atoms with van der Waals surface area (Å²) in [6.45, 7) is 6.21. The van der Waals surface area contributed by atoms with E-state index in [2.05, 4.69) is 37.4 Å². The Bertz CT molecular complexity index is 972. The van der Waals surface area contributed by atoms with E-state index in [9.17, 15) is 9.59 Å². The number of carbonyl (C=O) groups excluding carboxylic acids is 2. The molecule has 4 nitrogen and oxygen atoms in total. The van der Waals surface area contributed by atoms with Crippen LogP contribution in [-0.2, 0) is 21.9 Å². The Morgan fingerprint density at radius 1 is 1.09 bits per heavy atom. The van der Waals surface area contributed by atoms with Crippen molar-refractivity contribution in [2.45, 2.75) is 70.8 Å². The van der Waals surface area contributed by atoms with Crippen LogP contribution in [0.2, 0.25) is 10.0 Å². The summed E-state index contributed by atoms with van der Waals surface area (Å²) in [5.41, 5.74) is 4.40. The number of benzene rings is 2. The maximum absolute atomic E-state index is 13.3. The second-order valence-corrected chi connectivity index (χ2v) is 10.7. The lowest BCUT2D eigenvalue weighted by Crippen LogP contribution is -2.50. The molecule has 0 spiro atoms. The van der Waals surface area contributed by atoms with E-state index in [0.717, 1.165) is 37.0 Å². The molecule has 7 heteroatoms. The van der Waals surface area contributed by atoms with Crippen LogP contribution in [0.15, 0.2) is 36.4 Å². The summed E-state index contributed by atoms with van der Waals surface area (Å²) in [5, 5.41) is 4.16. The molecule has 0 radical (unpaired) electrons. The first-order chi connectivity index (χ1) is 15.7. The smallest absolute Gasteiger partial charge is 0.242 e. The van der Waals surface area contributed by atoms with Gasteiger partial charge in [-0.15, -0.1) is 11.8 Å². The molecule has 1 aliphatic carbocycles. The van der Waals surface area contributed by atoms with E-state index >= 15 is 0 Å². The van der Waals surface area contributed by atoms with Crippen molar-refractivity contribution in [2.24, 2.45) is 0 Å². The summed E-state index contributed by atoms with van der Waals surface area (Å²) in [4.78, 5) is 27.9. The average Bonchev–Trinajstić information content (AvgIpc) is 3.25. The zero-order chi connectivity index (χ0) is 24.0. The van der Waals surface area contributed by atoms with Gasteiger partial charge in [-0.2, -0.15) is 0 Å². The van der Waals surface area contributed by atoms with Crippen LogP contribution in [0.25, 0.3) is 0 Å². The molecule has 0 aromatic heterocycles. The highest BCUT2D eigenvalue weighted by Crippen LogP contribution is 2.25. The van der Waals surface area contributed by atoms with Gasteiger partial charge in [0.15, 0.2) is 0 Å². The fraction of sp³-hybridized carbons (Fsp3) is 0.462. The Morgan fingerprint density at radius 3 is 2.39 bits per heavy atom. The zero-order valence-electron chi connectivity index (χ0n) is 19.5. The third-order valence-electron chi connectivity index (χ3n) is 6.00. The number of nitrogens with one attached hydrogen (secondary N) is 1. The number of thioether (sulfide) groups is 1. The quantitative estimate of drug-likeness (QED) is 0.432. The normalized spacial score (nSPS) is 14.8. The summed E-state index contributed by atoms with van der Waals surface area (Å²) in [7, 11) is 0. The molecule has 0 bridgehead atoms. The first-order valence-electron chi connectivity index (χ1n) is 11.4. The van der Waals surface area contributed by atoms with Crippen LogP contribution in [0, 0.1) is 13.8 Å². The number of amides is 2. The number of hydrogen-bond acceptors (Lipinski definition) is 3. The molecule has 2 aromatic rings. The first kappa shape index (κ1) is 25.9. The highest BCUT2D eigenvalue weighted by molar-refractivity contribution is 7.99. The molecular formula is C26H32Cl2N2O2S. The van der Waals surface area contributed by atoms with E-state index in [-0.39, 0.29) is 24.4 Å². The Hall–Kier alpha value is -1.69. The van der Waals surface area contributed by atoms with Crippen LogP contribution in [0.5, 0.6) is 0 Å². The van der Waals surface area contributed by atoms with Crippen molar-refractivity contribution in [2.75, 3.05) is 5.75 Å². The van der Waals surface area contributed by atoms with Gasteiger partial charge in [0, 0.05) is 28.4 Å². The molecular weight excluding hydrogens is 475 g/mol. The van der Waals surface area contributed by atoms with Gasteiger partial charge in [-0.05, 0) is 56.9 Å². The summed E-state index contributed by atoms with van der Waals surface area (Å²) < 4.78 is 0. The monoisotopic (exact) mass is 506 g/mol. The maximum Gasteiger partial charge on any atom is 0.242 e. The highest BCUT2D eigenvalue weighted by atomic mass is 35.5. The topological polar surface area (TPSA) is 49.4 Å². The third-order valence-corrected chi connectivity index (χ3v) is 7.58. The van der Waals surface area contributed by atoms with Gasteiger partial charge in [0.1, 0.15) is 6.04 Å². The Kier molecular flexibility index (Phi) is 9.54. The third kappa shape index (κ3) is 7.66. The summed E-state index contributed by atoms with van der Waals surface area (Å²) in [6.07, 6.45) is 4.28. The van der Waals surface area contributed by atoms with E-state index in [1.165, 1.54) is 16.7 Å². The van der Waals surface area contributed by atoms with Gasteiger partial charge in [-0.1, -0.05) is 71.4 Å². The van der Waals surface area contributed by atoms with Crippen molar-refractivity contribution in [3.63, 3.8) is 0 Å². The van der Waals surface area contributed by atoms with Crippen molar-refractivity contribution in [1.29, 1.82) is 0 Å². The molecule has 1 N–H and O–H groups in total. The summed E-state index contributed by atoms with van der Waals surface area (Å²) >= 11 is 14.0. The molecule has 1 fully saturated rings. The lowest BCUT2D eigenvalue weighted by Gasteiger charge is -2.30. The van der Waals surface area contributed by atoms with Gasteiger partial charge in [-0.25, -0.2) is 0 Å². The van der Waals surface area contributed by atoms with Crippen LogP contribution in [0.3, 0.4) is 0 Å². The Balaban J connectivity index is 1.69. The molecule has 0 heterocycles. The van der Waals surface area contributed by atoms with Gasteiger partial charge >= 0.3 is 0 Å². The zero-order valence-corrected chi connectivity index (χ0v) is 21.8. The standard InChI is InChI=1S/C26H32Cl2N2O2S/c1-17-10-18(2)12-20(11-17)15-33-16-25(31)30(14-21-8-9-22(27)13-24(21)28)19(3)26(32)29-23-6-4-5-7-23/h8-13,19,23H,4-7,14-16H2,1-3H3,(H,29,32). The van der Waals surface area contributed by atoms with E-state index in [1.54, 1.807) is 35.7 Å². The molecule has 1 unspecified atom stereocenters. The average molecular weight is 508 g/mol. The highest BCUT2D eigenvalue weighted by Gasteiger charge is 2.28. The van der Waals surface area contributed by atoms with Gasteiger partial charge in [0.05, 0.1) is 5.75 Å². The largest absolute Gasteiger partial charge is 0.352 e. The Labute approximate surface area is 211 Å². The minimum absolute atomic E-state index is 0.0792. The molecule has 178 valence electrons. The number of rotatable bonds is 9. The van der Waals surface area contributed by atoms with E-state index in [4.69, 9.17) is 23.2 Å². The van der Waals surface area contributed by atoms with Crippen LogP contribution in [-0.4, -0.2) is 34.6 Å². The summed E-state index contributed by atoms with van der Waals surface area (Å²) in [6, 6.07) is 11.3. The fourth-order valence-corrected chi connectivity index (χ4v) is 5.61. The van der Waals surface area contributed by atoms with Crippen molar-refractivity contribution >= 4 is 46.8 Å². The lowest BCUT2D eigenvalue weighted by atomic mass is 10.1. The second kappa shape index (κ2) is 12.1. The predicted molar refractivity (Wildman–Crippen MR) is 139 cm³/mol. The number of aryl methyl sites for hydroxylation is 2. The predicted octanol–water partition coefficient (Wildman–Crippen LogP) is 6.32. The maximum atomic E-state index is 13.3. The van der Waals surface area contributed by atoms with Crippen LogP contribution < -0.4 is 5.32 Å². The number of hydrogen-bond donors (Lipinski definition) is 1. The van der Waals surface area contributed by atoms with Gasteiger partial charge in [-0.3, -0.25) is 9.59 Å². The van der Waals surface area contributed by atoms with E-state index in [1.807, 2.05) is 6.07 Å². The molecule has 2 aromatic carbocycles. The number of carbonyl (C=O) groups is 2. The summed E-state index contributed by atoms with van der Waals surface area (Å²) in [5.74, 6) is 0.843. The fourth-order valence-electron chi connectivity index (χ4n) is 4.30. The molecule has 1 aliphatic rings. The lowest BCUT2D eigenvalue weighted by molar-refractivity contribution is -0.138. The minimum atomic E-state index is -0.591. The molecule has 1 saturated carbocycles. The van der Waals surface area contributed by atoms with Crippen LogP contribution in [0.1, 0.15) is 54.9 Å². The molecule has 2 amide bonds. The SMILES string of the molecule is Cc1cc(C)cc(CSCC(=O)N(Cc2ccc(Cl)cc2Cl)C(C)C(=O)NC2CCCC2)c1. The molecule has 1 atom stereocenters.